The third-order valence-electron chi connectivity index (χ3n) is 7.92. The molecule has 1 aliphatic rings. The van der Waals surface area contributed by atoms with Crippen LogP contribution in [-0.4, -0.2) is 17.1 Å². The van der Waals surface area contributed by atoms with E-state index in [0.29, 0.717) is 48.9 Å². The lowest BCUT2D eigenvalue weighted by Gasteiger charge is -2.26. The first kappa shape index (κ1) is 33.9. The number of carbonyl (C=O) groups excluding carboxylic acids is 1. The number of hydrogen-bond acceptors (Lipinski definition) is 6. The first-order chi connectivity index (χ1) is 23.1. The predicted molar refractivity (Wildman–Crippen MR) is 197 cm³/mol. The number of rotatable bonds is 9. The first-order valence-corrected chi connectivity index (χ1v) is 17.8. The van der Waals surface area contributed by atoms with Crippen LogP contribution in [0.5, 0.6) is 5.75 Å². The molecule has 6 nitrogen and oxygen atoms in total. The predicted octanol–water partition coefficient (Wildman–Crippen LogP) is 8.71. The van der Waals surface area contributed by atoms with Gasteiger partial charge in [0.25, 0.3) is 5.56 Å². The van der Waals surface area contributed by atoms with Crippen molar-refractivity contribution in [1.29, 1.82) is 0 Å². The van der Waals surface area contributed by atoms with Gasteiger partial charge in [-0.05, 0) is 81.4 Å². The Balaban J connectivity index is 1.44. The van der Waals surface area contributed by atoms with Gasteiger partial charge in [-0.1, -0.05) is 115 Å². The van der Waals surface area contributed by atoms with E-state index >= 15 is 0 Å². The minimum absolute atomic E-state index is 0.190. The molecule has 48 heavy (non-hydrogen) atoms. The van der Waals surface area contributed by atoms with E-state index in [4.69, 9.17) is 37.7 Å². The molecule has 4 aromatic carbocycles. The molecule has 6 rings (SSSR count). The van der Waals surface area contributed by atoms with Gasteiger partial charge in [-0.3, -0.25) is 9.36 Å². The molecule has 10 heteroatoms. The molecule has 0 N–H and O–H groups in total. The van der Waals surface area contributed by atoms with Gasteiger partial charge < -0.3 is 9.47 Å². The summed E-state index contributed by atoms with van der Waals surface area (Å²) in [5.74, 6) is 0.455. The van der Waals surface area contributed by atoms with Crippen molar-refractivity contribution in [1.82, 2.24) is 4.57 Å². The SMILES string of the molecule is CCOC(=O)C1=C(c2ccccc2)N=c2s/c(=C\c3ccc(OCc4ccc(Cl)c(Cl)c4)c(Br)c3)c(=O)n2[C@@H]1c1ccc(C(C)C)cc1. The second kappa shape index (κ2) is 14.7. The van der Waals surface area contributed by atoms with Crippen LogP contribution in [0.2, 0.25) is 10.0 Å². The van der Waals surface area contributed by atoms with Crippen LogP contribution in [0.4, 0.5) is 0 Å². The minimum atomic E-state index is -0.734. The van der Waals surface area contributed by atoms with E-state index in [1.807, 2.05) is 84.9 Å². The number of halogens is 3. The highest BCUT2D eigenvalue weighted by molar-refractivity contribution is 9.10. The Labute approximate surface area is 300 Å². The average molecular weight is 763 g/mol. The van der Waals surface area contributed by atoms with E-state index < -0.39 is 12.0 Å². The van der Waals surface area contributed by atoms with Crippen LogP contribution in [-0.2, 0) is 16.1 Å². The van der Waals surface area contributed by atoms with Gasteiger partial charge in [-0.25, -0.2) is 9.79 Å². The second-order valence-electron chi connectivity index (χ2n) is 11.5. The number of nitrogens with zero attached hydrogens (tertiary/aromatic N) is 2. The monoisotopic (exact) mass is 760 g/mol. The summed E-state index contributed by atoms with van der Waals surface area (Å²) in [5, 5.41) is 0.953. The van der Waals surface area contributed by atoms with Crippen LogP contribution < -0.4 is 19.6 Å². The van der Waals surface area contributed by atoms with Gasteiger partial charge in [0, 0.05) is 5.56 Å². The van der Waals surface area contributed by atoms with E-state index in [1.54, 1.807) is 23.6 Å². The van der Waals surface area contributed by atoms with Gasteiger partial charge >= 0.3 is 5.97 Å². The lowest BCUT2D eigenvalue weighted by Crippen LogP contribution is -2.40. The smallest absolute Gasteiger partial charge is 0.338 e. The molecule has 1 aliphatic heterocycles. The molecule has 1 atom stereocenters. The van der Waals surface area contributed by atoms with Gasteiger partial charge in [-0.15, -0.1) is 0 Å². The Morgan fingerprint density at radius 3 is 2.42 bits per heavy atom. The zero-order valence-electron chi connectivity index (χ0n) is 26.4. The number of thiazole rings is 1. The maximum Gasteiger partial charge on any atom is 0.338 e. The molecular weight excluding hydrogens is 731 g/mol. The zero-order valence-corrected chi connectivity index (χ0v) is 30.3. The number of esters is 1. The molecular formula is C38H31BrCl2N2O4S. The van der Waals surface area contributed by atoms with E-state index in [9.17, 15) is 9.59 Å². The molecule has 244 valence electrons. The van der Waals surface area contributed by atoms with Crippen LogP contribution in [0.25, 0.3) is 11.8 Å². The summed E-state index contributed by atoms with van der Waals surface area (Å²) < 4.78 is 14.4. The van der Waals surface area contributed by atoms with Crippen molar-refractivity contribution >= 4 is 68.2 Å². The third kappa shape index (κ3) is 7.08. The molecule has 1 aromatic heterocycles. The summed E-state index contributed by atoms with van der Waals surface area (Å²) in [6, 6.07) is 27.8. The fourth-order valence-corrected chi connectivity index (χ4v) is 7.32. The Hall–Kier alpha value is -3.95. The van der Waals surface area contributed by atoms with Gasteiger partial charge in [0.1, 0.15) is 12.4 Å². The molecule has 2 heterocycles. The molecule has 0 saturated carbocycles. The van der Waals surface area contributed by atoms with E-state index in [2.05, 4.69) is 29.8 Å². The third-order valence-corrected chi connectivity index (χ3v) is 10.3. The van der Waals surface area contributed by atoms with Crippen molar-refractivity contribution in [3.63, 3.8) is 0 Å². The average Bonchev–Trinajstić information content (AvgIpc) is 3.39. The van der Waals surface area contributed by atoms with Gasteiger partial charge in [0.15, 0.2) is 4.80 Å². The van der Waals surface area contributed by atoms with Crippen LogP contribution in [0.3, 0.4) is 0 Å². The molecule has 5 aromatic rings. The number of fused-ring (bicyclic) bond motifs is 1. The molecule has 0 fully saturated rings. The Morgan fingerprint density at radius 1 is 1.00 bits per heavy atom. The molecule has 0 aliphatic carbocycles. The van der Waals surface area contributed by atoms with E-state index in [1.165, 1.54) is 11.3 Å². The summed E-state index contributed by atoms with van der Waals surface area (Å²) in [7, 11) is 0. The normalized spacial score (nSPS) is 14.6. The number of hydrogen-bond donors (Lipinski definition) is 0. The van der Waals surface area contributed by atoms with Crippen LogP contribution in [0, 0.1) is 0 Å². The number of benzene rings is 4. The molecule has 0 amide bonds. The second-order valence-corrected chi connectivity index (χ2v) is 14.2. The quantitative estimate of drug-likeness (QED) is 0.141. The molecule has 0 spiro atoms. The van der Waals surface area contributed by atoms with Crippen molar-refractivity contribution in [3.8, 4) is 5.75 Å². The highest BCUT2D eigenvalue weighted by Crippen LogP contribution is 2.36. The van der Waals surface area contributed by atoms with Crippen molar-refractivity contribution in [3.05, 3.63) is 159 Å². The Morgan fingerprint density at radius 2 is 1.75 bits per heavy atom. The standard InChI is InChI=1S/C38H31BrCl2N2O4S/c1-4-46-37(45)33-34(26-8-6-5-7-9-26)42-38-43(35(33)27-14-12-25(13-15-27)22(2)3)36(44)32(48-38)20-23-11-17-31(28(39)18-23)47-21-24-10-16-29(40)30(41)19-24/h5-20,22,35H,4,21H2,1-3H3/b32-20-/t35-/m1/s1. The van der Waals surface area contributed by atoms with Crippen molar-refractivity contribution in [2.24, 2.45) is 4.99 Å². The Kier molecular flexibility index (Phi) is 10.4. The molecule has 0 radical (unpaired) electrons. The summed E-state index contributed by atoms with van der Waals surface area (Å²) in [6.07, 6.45) is 1.83. The lowest BCUT2D eigenvalue weighted by molar-refractivity contribution is -0.138. The summed E-state index contributed by atoms with van der Waals surface area (Å²) in [4.78, 5) is 33.4. The van der Waals surface area contributed by atoms with Gasteiger partial charge in [0.2, 0.25) is 0 Å². The van der Waals surface area contributed by atoms with Crippen LogP contribution >= 0.6 is 50.5 Å². The summed E-state index contributed by atoms with van der Waals surface area (Å²) in [5.41, 5.74) is 4.96. The van der Waals surface area contributed by atoms with Gasteiger partial charge in [0.05, 0.1) is 43.0 Å². The summed E-state index contributed by atoms with van der Waals surface area (Å²) >= 11 is 17.1. The molecule has 0 bridgehead atoms. The maximum absolute atomic E-state index is 14.3. The molecule has 0 saturated heterocycles. The highest BCUT2D eigenvalue weighted by atomic mass is 79.9. The van der Waals surface area contributed by atoms with E-state index in [0.717, 1.165) is 32.3 Å². The number of carbonyl (C=O) groups is 1. The van der Waals surface area contributed by atoms with Crippen LogP contribution in [0.1, 0.15) is 60.5 Å². The zero-order chi connectivity index (χ0) is 33.9. The first-order valence-electron chi connectivity index (χ1n) is 15.4. The topological polar surface area (TPSA) is 69.9 Å². The Bertz CT molecular complexity index is 2210. The fourth-order valence-electron chi connectivity index (χ4n) is 5.48. The van der Waals surface area contributed by atoms with Crippen LogP contribution in [0.15, 0.2) is 111 Å². The minimum Gasteiger partial charge on any atom is -0.488 e. The number of aromatic nitrogens is 1. The van der Waals surface area contributed by atoms with Gasteiger partial charge in [-0.2, -0.15) is 0 Å². The largest absolute Gasteiger partial charge is 0.488 e. The maximum atomic E-state index is 14.3. The van der Waals surface area contributed by atoms with Crippen molar-refractivity contribution in [2.45, 2.75) is 39.3 Å². The summed E-state index contributed by atoms with van der Waals surface area (Å²) in [6.45, 7) is 6.52. The fraction of sp³-hybridized carbons (Fsp3) is 0.184. The van der Waals surface area contributed by atoms with Crippen molar-refractivity contribution in [2.75, 3.05) is 6.61 Å². The molecule has 0 unspecified atom stereocenters. The number of ether oxygens (including phenoxy) is 2. The lowest BCUT2D eigenvalue weighted by atomic mass is 9.91. The van der Waals surface area contributed by atoms with E-state index in [-0.39, 0.29) is 12.2 Å². The highest BCUT2D eigenvalue weighted by Gasteiger charge is 2.35. The van der Waals surface area contributed by atoms with Crippen molar-refractivity contribution < 1.29 is 14.3 Å².